The zero-order valence-electron chi connectivity index (χ0n) is 17.3. The Kier molecular flexibility index (Phi) is 5.40. The first kappa shape index (κ1) is 20.5. The number of nitrogens with zero attached hydrogens (tertiary/aromatic N) is 6. The lowest BCUT2D eigenvalue weighted by molar-refractivity contribution is -0.384. The number of non-ortho nitro benzene ring substituents is 1. The Morgan fingerprint density at radius 3 is 2.58 bits per heavy atom. The minimum atomic E-state index is -0.546. The summed E-state index contributed by atoms with van der Waals surface area (Å²) in [5.41, 5.74) is 0.961. The normalized spacial score (nSPS) is 16.1. The van der Waals surface area contributed by atoms with Crippen molar-refractivity contribution in [3.8, 4) is 5.75 Å². The number of fused-ring (bicyclic) bond motifs is 1. The van der Waals surface area contributed by atoms with E-state index in [-0.39, 0.29) is 30.4 Å². The molecule has 2 aliphatic heterocycles. The molecule has 31 heavy (non-hydrogen) atoms. The zero-order valence-corrected chi connectivity index (χ0v) is 17.3. The van der Waals surface area contributed by atoms with E-state index in [0.29, 0.717) is 37.8 Å². The third kappa shape index (κ3) is 4.25. The number of hydrogen-bond acceptors (Lipinski definition) is 8. The maximum absolute atomic E-state index is 12.9. The molecular weight excluding hydrogens is 404 g/mol. The lowest BCUT2D eigenvalue weighted by atomic mass is 10.2. The van der Waals surface area contributed by atoms with Crippen molar-refractivity contribution in [3.05, 3.63) is 45.9 Å². The Morgan fingerprint density at radius 1 is 1.16 bits per heavy atom. The fourth-order valence-electron chi connectivity index (χ4n) is 3.76. The summed E-state index contributed by atoms with van der Waals surface area (Å²) in [6.45, 7) is 5.56. The lowest BCUT2D eigenvalue weighted by Gasteiger charge is -2.37. The first-order valence-corrected chi connectivity index (χ1v) is 9.88. The van der Waals surface area contributed by atoms with E-state index in [0.717, 1.165) is 11.5 Å². The van der Waals surface area contributed by atoms with Crippen LogP contribution in [0.4, 0.5) is 17.2 Å². The van der Waals surface area contributed by atoms with Crippen molar-refractivity contribution >= 4 is 29.0 Å². The Labute approximate surface area is 178 Å². The molecule has 2 amide bonds. The molecule has 1 aromatic heterocycles. The standard InChI is InChI=1S/C20H22N6O5/c1-13-9-18(22-14(2)21-13)23-5-7-24(8-6-23)19(27)11-25-16-10-15(26(29)30)3-4-17(16)31-12-20(25)28/h3-4,9-10H,5-8,11-12H2,1-2H3. The van der Waals surface area contributed by atoms with Crippen LogP contribution in [-0.2, 0) is 9.59 Å². The largest absolute Gasteiger partial charge is 0.482 e. The van der Waals surface area contributed by atoms with E-state index in [1.807, 2.05) is 19.9 Å². The first-order chi connectivity index (χ1) is 14.8. The molecule has 0 spiro atoms. The fourth-order valence-corrected chi connectivity index (χ4v) is 3.76. The fraction of sp³-hybridized carbons (Fsp3) is 0.400. The molecule has 1 aromatic carbocycles. The van der Waals surface area contributed by atoms with Gasteiger partial charge in [0.1, 0.15) is 23.9 Å². The molecule has 11 nitrogen and oxygen atoms in total. The van der Waals surface area contributed by atoms with Gasteiger partial charge < -0.3 is 14.5 Å². The molecule has 0 radical (unpaired) electrons. The summed E-state index contributed by atoms with van der Waals surface area (Å²) in [4.78, 5) is 49.7. The second-order valence-electron chi connectivity index (χ2n) is 7.46. The minimum Gasteiger partial charge on any atom is -0.482 e. The van der Waals surface area contributed by atoms with E-state index < -0.39 is 10.8 Å². The van der Waals surface area contributed by atoms with Crippen molar-refractivity contribution in [1.82, 2.24) is 14.9 Å². The van der Waals surface area contributed by atoms with Gasteiger partial charge in [0.2, 0.25) is 5.91 Å². The van der Waals surface area contributed by atoms with Crippen LogP contribution in [0.1, 0.15) is 11.5 Å². The van der Waals surface area contributed by atoms with Gasteiger partial charge in [0.15, 0.2) is 6.61 Å². The van der Waals surface area contributed by atoms with Crippen LogP contribution in [0, 0.1) is 24.0 Å². The highest BCUT2D eigenvalue weighted by Crippen LogP contribution is 2.35. The van der Waals surface area contributed by atoms with Gasteiger partial charge in [-0.05, 0) is 19.9 Å². The molecule has 0 saturated carbocycles. The van der Waals surface area contributed by atoms with Crippen LogP contribution in [0.25, 0.3) is 0 Å². The number of hydrogen-bond donors (Lipinski definition) is 0. The third-order valence-corrected chi connectivity index (χ3v) is 5.30. The molecule has 2 aliphatic rings. The van der Waals surface area contributed by atoms with Gasteiger partial charge >= 0.3 is 0 Å². The predicted octanol–water partition coefficient (Wildman–Crippen LogP) is 1.08. The Hall–Kier alpha value is -3.76. The SMILES string of the molecule is Cc1cc(N2CCN(C(=O)CN3C(=O)COc4ccc([N+](=O)[O-])cc43)CC2)nc(C)n1. The van der Waals surface area contributed by atoms with Crippen molar-refractivity contribution in [1.29, 1.82) is 0 Å². The number of aromatic nitrogens is 2. The zero-order chi connectivity index (χ0) is 22.1. The molecule has 0 bridgehead atoms. The average molecular weight is 426 g/mol. The molecule has 1 saturated heterocycles. The van der Waals surface area contributed by atoms with Crippen LogP contribution >= 0.6 is 0 Å². The average Bonchev–Trinajstić information content (AvgIpc) is 2.74. The van der Waals surface area contributed by atoms with Gasteiger partial charge in [-0.1, -0.05) is 0 Å². The highest BCUT2D eigenvalue weighted by atomic mass is 16.6. The summed E-state index contributed by atoms with van der Waals surface area (Å²) in [6, 6.07) is 5.93. The van der Waals surface area contributed by atoms with Crippen LogP contribution in [-0.4, -0.2) is 70.9 Å². The number of carbonyl (C=O) groups is 2. The van der Waals surface area contributed by atoms with E-state index in [1.165, 1.54) is 23.1 Å². The highest BCUT2D eigenvalue weighted by molar-refractivity contribution is 6.02. The monoisotopic (exact) mass is 426 g/mol. The summed E-state index contributed by atoms with van der Waals surface area (Å²) in [5, 5.41) is 11.1. The van der Waals surface area contributed by atoms with Crippen LogP contribution in [0.5, 0.6) is 5.75 Å². The molecule has 3 heterocycles. The van der Waals surface area contributed by atoms with Gasteiger partial charge in [-0.2, -0.15) is 0 Å². The lowest BCUT2D eigenvalue weighted by Crippen LogP contribution is -2.53. The van der Waals surface area contributed by atoms with E-state index >= 15 is 0 Å². The number of rotatable bonds is 4. The van der Waals surface area contributed by atoms with Gasteiger partial charge in [0.25, 0.3) is 11.6 Å². The maximum atomic E-state index is 12.9. The Bertz CT molecular complexity index is 1030. The summed E-state index contributed by atoms with van der Waals surface area (Å²) in [7, 11) is 0. The second kappa shape index (κ2) is 8.17. The van der Waals surface area contributed by atoms with Crippen LogP contribution < -0.4 is 14.5 Å². The van der Waals surface area contributed by atoms with Gasteiger partial charge in [0, 0.05) is 50.1 Å². The number of nitro benzene ring substituents is 1. The van der Waals surface area contributed by atoms with Crippen molar-refractivity contribution < 1.29 is 19.2 Å². The summed E-state index contributed by atoms with van der Waals surface area (Å²) in [6.07, 6.45) is 0. The highest BCUT2D eigenvalue weighted by Gasteiger charge is 2.31. The number of benzene rings is 1. The number of anilines is 2. The van der Waals surface area contributed by atoms with Crippen molar-refractivity contribution in [3.63, 3.8) is 0 Å². The summed E-state index contributed by atoms with van der Waals surface area (Å²) >= 11 is 0. The number of nitro groups is 1. The van der Waals surface area contributed by atoms with Crippen LogP contribution in [0.2, 0.25) is 0 Å². The maximum Gasteiger partial charge on any atom is 0.271 e. The molecule has 11 heteroatoms. The molecule has 162 valence electrons. The second-order valence-corrected chi connectivity index (χ2v) is 7.46. The molecule has 1 fully saturated rings. The quantitative estimate of drug-likeness (QED) is 0.526. The number of ether oxygens (including phenoxy) is 1. The molecule has 0 unspecified atom stereocenters. The van der Waals surface area contributed by atoms with E-state index in [9.17, 15) is 19.7 Å². The Balaban J connectivity index is 1.44. The molecule has 2 aromatic rings. The third-order valence-electron chi connectivity index (χ3n) is 5.30. The van der Waals surface area contributed by atoms with Gasteiger partial charge in [0.05, 0.1) is 10.6 Å². The smallest absolute Gasteiger partial charge is 0.271 e. The molecule has 0 N–H and O–H groups in total. The number of carbonyl (C=O) groups excluding carboxylic acids is 2. The van der Waals surface area contributed by atoms with Gasteiger partial charge in [-0.15, -0.1) is 0 Å². The minimum absolute atomic E-state index is 0.168. The van der Waals surface area contributed by atoms with E-state index in [1.54, 1.807) is 4.90 Å². The van der Waals surface area contributed by atoms with Crippen LogP contribution in [0.15, 0.2) is 24.3 Å². The number of piperazine rings is 1. The molecule has 0 atom stereocenters. The topological polar surface area (TPSA) is 122 Å². The first-order valence-electron chi connectivity index (χ1n) is 9.88. The molecular formula is C20H22N6O5. The Morgan fingerprint density at radius 2 is 1.90 bits per heavy atom. The van der Waals surface area contributed by atoms with Crippen molar-refractivity contribution in [2.24, 2.45) is 0 Å². The molecule has 0 aliphatic carbocycles. The van der Waals surface area contributed by atoms with Crippen molar-refractivity contribution in [2.45, 2.75) is 13.8 Å². The summed E-state index contributed by atoms with van der Waals surface area (Å²) in [5.74, 6) is 1.25. The summed E-state index contributed by atoms with van der Waals surface area (Å²) < 4.78 is 5.35. The van der Waals surface area contributed by atoms with Crippen molar-refractivity contribution in [2.75, 3.05) is 49.1 Å². The predicted molar refractivity (Wildman–Crippen MR) is 111 cm³/mol. The van der Waals surface area contributed by atoms with Gasteiger partial charge in [-0.3, -0.25) is 24.6 Å². The van der Waals surface area contributed by atoms with E-state index in [4.69, 9.17) is 4.74 Å². The number of aryl methyl sites for hydroxylation is 2. The van der Waals surface area contributed by atoms with Gasteiger partial charge in [-0.25, -0.2) is 9.97 Å². The van der Waals surface area contributed by atoms with Crippen LogP contribution in [0.3, 0.4) is 0 Å². The van der Waals surface area contributed by atoms with E-state index in [2.05, 4.69) is 14.9 Å². The number of amides is 2. The molecule has 4 rings (SSSR count).